The largest absolute Gasteiger partial charge is 0.508 e. The summed E-state index contributed by atoms with van der Waals surface area (Å²) < 4.78 is 2.03. The number of aromatic hydroxyl groups is 1. The Morgan fingerprint density at radius 1 is 1.19 bits per heavy atom. The summed E-state index contributed by atoms with van der Waals surface area (Å²) in [6.07, 6.45) is 6.61. The van der Waals surface area contributed by atoms with Gasteiger partial charge < -0.3 is 15.4 Å². The molecule has 27 heavy (non-hydrogen) atoms. The fraction of sp³-hybridized carbons (Fsp3) is 0.190. The van der Waals surface area contributed by atoms with E-state index in [2.05, 4.69) is 0 Å². The lowest BCUT2D eigenvalue weighted by atomic mass is 10.1. The van der Waals surface area contributed by atoms with Crippen LogP contribution in [0.3, 0.4) is 0 Å². The Balaban J connectivity index is 1.94. The molecule has 3 rings (SSSR count). The van der Waals surface area contributed by atoms with Crippen LogP contribution in [0, 0.1) is 0 Å². The predicted molar refractivity (Wildman–Crippen MR) is 111 cm³/mol. The Morgan fingerprint density at radius 2 is 1.93 bits per heavy atom. The van der Waals surface area contributed by atoms with E-state index in [1.165, 1.54) is 0 Å². The molecule has 0 radical (unpaired) electrons. The van der Waals surface area contributed by atoms with Crippen LogP contribution in [-0.2, 0) is 13.0 Å². The van der Waals surface area contributed by atoms with Crippen molar-refractivity contribution in [1.82, 2.24) is 9.55 Å². The monoisotopic (exact) mass is 401 g/mol. The lowest BCUT2D eigenvalue weighted by Gasteiger charge is -2.13. The highest BCUT2D eigenvalue weighted by Crippen LogP contribution is 2.31. The van der Waals surface area contributed by atoms with Crippen LogP contribution in [0.1, 0.15) is 24.4 Å². The quantitative estimate of drug-likeness (QED) is 0.544. The molecule has 1 atom stereocenters. The van der Waals surface area contributed by atoms with E-state index in [0.717, 1.165) is 22.6 Å². The Morgan fingerprint density at radius 3 is 2.59 bits per heavy atom. The first-order chi connectivity index (χ1) is 13.0. The molecule has 0 amide bonds. The summed E-state index contributed by atoms with van der Waals surface area (Å²) >= 11 is 12.4. The Bertz CT molecular complexity index is 949. The van der Waals surface area contributed by atoms with E-state index in [4.69, 9.17) is 33.9 Å². The van der Waals surface area contributed by atoms with Crippen LogP contribution in [-0.4, -0.2) is 14.7 Å². The van der Waals surface area contributed by atoms with Crippen molar-refractivity contribution in [3.05, 3.63) is 82.2 Å². The van der Waals surface area contributed by atoms with Crippen LogP contribution >= 0.6 is 23.2 Å². The maximum Gasteiger partial charge on any atom is 0.127 e. The zero-order valence-corrected chi connectivity index (χ0v) is 16.5. The molecule has 0 aliphatic heterocycles. The topological polar surface area (TPSA) is 64.1 Å². The molecule has 1 aromatic heterocycles. The number of phenols is 1. The number of aromatic nitrogens is 2. The molecule has 0 bridgehead atoms. The van der Waals surface area contributed by atoms with Gasteiger partial charge in [-0.25, -0.2) is 4.98 Å². The smallest absolute Gasteiger partial charge is 0.127 e. The third kappa shape index (κ3) is 4.72. The maximum atomic E-state index is 9.45. The van der Waals surface area contributed by atoms with E-state index < -0.39 is 0 Å². The molecule has 0 aliphatic rings. The van der Waals surface area contributed by atoms with Gasteiger partial charge in [-0.1, -0.05) is 47.5 Å². The number of halogens is 2. The van der Waals surface area contributed by atoms with Gasteiger partial charge in [0.1, 0.15) is 11.6 Å². The van der Waals surface area contributed by atoms with Crippen molar-refractivity contribution in [1.29, 1.82) is 0 Å². The van der Waals surface area contributed by atoms with Crippen LogP contribution in [0.25, 0.3) is 11.3 Å². The van der Waals surface area contributed by atoms with Crippen molar-refractivity contribution in [3.63, 3.8) is 0 Å². The third-order valence-electron chi connectivity index (χ3n) is 4.28. The SMILES string of the molecule is CC=CCn1cc(-c2ccc(Cl)cc2Cl)nc1[C@@H](N)Cc1ccc(O)cc1. The first-order valence-corrected chi connectivity index (χ1v) is 9.40. The number of rotatable bonds is 6. The van der Waals surface area contributed by atoms with Crippen LogP contribution in [0.4, 0.5) is 0 Å². The summed E-state index contributed by atoms with van der Waals surface area (Å²) in [5, 5.41) is 10.6. The van der Waals surface area contributed by atoms with Crippen molar-refractivity contribution in [2.45, 2.75) is 25.9 Å². The number of allylic oxidation sites excluding steroid dienone is 2. The van der Waals surface area contributed by atoms with Crippen molar-refractivity contribution in [2.24, 2.45) is 5.73 Å². The van der Waals surface area contributed by atoms with E-state index in [9.17, 15) is 5.11 Å². The van der Waals surface area contributed by atoms with Gasteiger partial charge in [0.05, 0.1) is 16.8 Å². The number of hydrogen-bond donors (Lipinski definition) is 2. The molecule has 2 aromatic carbocycles. The van der Waals surface area contributed by atoms with E-state index in [0.29, 0.717) is 23.0 Å². The first kappa shape index (κ1) is 19.5. The maximum absolute atomic E-state index is 9.45. The normalized spacial score (nSPS) is 12.6. The fourth-order valence-corrected chi connectivity index (χ4v) is 3.40. The van der Waals surface area contributed by atoms with Crippen molar-refractivity contribution in [2.75, 3.05) is 0 Å². The average molecular weight is 402 g/mol. The summed E-state index contributed by atoms with van der Waals surface area (Å²) in [6, 6.07) is 12.1. The third-order valence-corrected chi connectivity index (χ3v) is 4.82. The second-order valence-corrected chi connectivity index (χ2v) is 7.15. The van der Waals surface area contributed by atoms with Gasteiger partial charge in [0.15, 0.2) is 0 Å². The zero-order chi connectivity index (χ0) is 19.4. The summed E-state index contributed by atoms with van der Waals surface area (Å²) in [5.41, 5.74) is 9.08. The molecular formula is C21H21Cl2N3O. The highest BCUT2D eigenvalue weighted by molar-refractivity contribution is 6.36. The van der Waals surface area contributed by atoms with E-state index in [1.807, 2.05) is 48.0 Å². The van der Waals surface area contributed by atoms with Gasteiger partial charge in [-0.2, -0.15) is 0 Å². The number of nitrogens with zero attached hydrogens (tertiary/aromatic N) is 2. The van der Waals surface area contributed by atoms with Crippen LogP contribution < -0.4 is 5.73 Å². The number of imidazole rings is 1. The number of hydrogen-bond acceptors (Lipinski definition) is 3. The van der Waals surface area contributed by atoms with Gasteiger partial charge in [0.25, 0.3) is 0 Å². The Hall–Kier alpha value is -2.27. The molecule has 6 heteroatoms. The number of phenolic OH excluding ortho intramolecular Hbond substituents is 1. The molecule has 1 heterocycles. The minimum atomic E-state index is -0.292. The highest BCUT2D eigenvalue weighted by atomic mass is 35.5. The minimum absolute atomic E-state index is 0.238. The standard InChI is InChI=1S/C21H21Cl2N3O/c1-2-3-10-26-13-20(17-9-6-15(22)12-18(17)23)25-21(26)19(24)11-14-4-7-16(27)8-5-14/h2-9,12-13,19,27H,10-11,24H2,1H3/t19-/m0/s1. The van der Waals surface area contributed by atoms with Gasteiger partial charge in [0, 0.05) is 23.3 Å². The summed E-state index contributed by atoms with van der Waals surface area (Å²) in [6.45, 7) is 2.65. The number of benzene rings is 2. The van der Waals surface area contributed by atoms with E-state index in [-0.39, 0.29) is 11.8 Å². The average Bonchev–Trinajstić information content (AvgIpc) is 3.06. The molecule has 4 nitrogen and oxygen atoms in total. The van der Waals surface area contributed by atoms with Gasteiger partial charge in [0.2, 0.25) is 0 Å². The summed E-state index contributed by atoms with van der Waals surface area (Å²) in [4.78, 5) is 4.76. The van der Waals surface area contributed by atoms with Crippen LogP contribution in [0.15, 0.2) is 60.8 Å². The van der Waals surface area contributed by atoms with Gasteiger partial charge in [-0.15, -0.1) is 0 Å². The molecule has 0 aliphatic carbocycles. The fourth-order valence-electron chi connectivity index (χ4n) is 2.90. The summed E-state index contributed by atoms with van der Waals surface area (Å²) in [5.74, 6) is 1.02. The first-order valence-electron chi connectivity index (χ1n) is 8.65. The molecule has 0 saturated carbocycles. The lowest BCUT2D eigenvalue weighted by molar-refractivity contribution is 0.475. The Labute approximate surface area is 168 Å². The van der Waals surface area contributed by atoms with Crippen LogP contribution in [0.5, 0.6) is 5.75 Å². The number of nitrogens with two attached hydrogens (primary N) is 1. The second-order valence-electron chi connectivity index (χ2n) is 6.31. The van der Waals surface area contributed by atoms with Crippen LogP contribution in [0.2, 0.25) is 10.0 Å². The zero-order valence-electron chi connectivity index (χ0n) is 14.9. The second kappa shape index (κ2) is 8.61. The molecule has 0 spiro atoms. The predicted octanol–water partition coefficient (Wildman–Crippen LogP) is 5.38. The molecule has 3 N–H and O–H groups in total. The highest BCUT2D eigenvalue weighted by Gasteiger charge is 2.18. The van der Waals surface area contributed by atoms with Crippen molar-refractivity contribution < 1.29 is 5.11 Å². The molecule has 3 aromatic rings. The summed E-state index contributed by atoms with van der Waals surface area (Å²) in [7, 11) is 0. The lowest BCUT2D eigenvalue weighted by Crippen LogP contribution is -2.18. The van der Waals surface area contributed by atoms with Gasteiger partial charge in [-0.05, 0) is 49.2 Å². The van der Waals surface area contributed by atoms with Gasteiger partial charge in [-0.3, -0.25) is 0 Å². The van der Waals surface area contributed by atoms with Crippen molar-refractivity contribution >= 4 is 23.2 Å². The molecule has 0 saturated heterocycles. The molecule has 140 valence electrons. The Kier molecular flexibility index (Phi) is 6.22. The minimum Gasteiger partial charge on any atom is -0.508 e. The van der Waals surface area contributed by atoms with E-state index >= 15 is 0 Å². The molecular weight excluding hydrogens is 381 g/mol. The molecule has 0 unspecified atom stereocenters. The van der Waals surface area contributed by atoms with E-state index in [1.54, 1.807) is 24.3 Å². The van der Waals surface area contributed by atoms with Gasteiger partial charge >= 0.3 is 0 Å². The molecule has 0 fully saturated rings. The van der Waals surface area contributed by atoms with Crippen molar-refractivity contribution in [3.8, 4) is 17.0 Å².